The van der Waals surface area contributed by atoms with E-state index in [1.807, 2.05) is 12.1 Å². The summed E-state index contributed by atoms with van der Waals surface area (Å²) in [5.41, 5.74) is 1.08. The number of sulfone groups is 1. The molecule has 0 unspecified atom stereocenters. The van der Waals surface area contributed by atoms with Crippen LogP contribution in [-0.2, 0) is 21.1 Å². The minimum absolute atomic E-state index is 0.0913. The number of ketones is 1. The zero-order valence-electron chi connectivity index (χ0n) is 9.93. The van der Waals surface area contributed by atoms with Crippen LogP contribution in [0.5, 0.6) is 0 Å². The average Bonchev–Trinajstić information content (AvgIpc) is 2.26. The summed E-state index contributed by atoms with van der Waals surface area (Å²) in [4.78, 5) is 15.4. The molecule has 17 heavy (non-hydrogen) atoms. The van der Waals surface area contributed by atoms with E-state index in [-0.39, 0.29) is 11.5 Å². The number of nitrogens with zero attached hydrogens (tertiary/aromatic N) is 1. The molecule has 0 aliphatic rings. The van der Waals surface area contributed by atoms with Crippen molar-refractivity contribution >= 4 is 15.6 Å². The highest BCUT2D eigenvalue weighted by Gasteiger charge is 2.06. The Morgan fingerprint density at radius 3 is 2.47 bits per heavy atom. The van der Waals surface area contributed by atoms with E-state index in [2.05, 4.69) is 4.98 Å². The summed E-state index contributed by atoms with van der Waals surface area (Å²) >= 11 is 0. The van der Waals surface area contributed by atoms with Crippen LogP contribution < -0.4 is 0 Å². The van der Waals surface area contributed by atoms with E-state index in [0.717, 1.165) is 5.56 Å². The topological polar surface area (TPSA) is 64.1 Å². The fourth-order valence-electron chi connectivity index (χ4n) is 1.49. The predicted octanol–water partition coefficient (Wildman–Crippen LogP) is 1.41. The van der Waals surface area contributed by atoms with Gasteiger partial charge >= 0.3 is 0 Å². The van der Waals surface area contributed by atoms with Gasteiger partial charge in [-0.1, -0.05) is 0 Å². The van der Waals surface area contributed by atoms with Crippen molar-refractivity contribution in [1.82, 2.24) is 4.98 Å². The second-order valence-corrected chi connectivity index (χ2v) is 6.39. The highest BCUT2D eigenvalue weighted by Crippen LogP contribution is 2.04. The average molecular weight is 255 g/mol. The Hall–Kier alpha value is -1.23. The number of carbonyl (C=O) groups is 1. The SMILES string of the molecule is CS(=O)(=O)CCCC(=O)CCc1ccncc1. The molecule has 1 aromatic heterocycles. The molecule has 0 spiro atoms. The molecule has 0 aromatic carbocycles. The zero-order valence-corrected chi connectivity index (χ0v) is 10.7. The molecule has 94 valence electrons. The summed E-state index contributed by atoms with van der Waals surface area (Å²) in [5, 5.41) is 0. The first-order valence-electron chi connectivity index (χ1n) is 5.56. The van der Waals surface area contributed by atoms with Gasteiger partial charge in [0.05, 0.1) is 5.75 Å². The molecule has 1 heterocycles. The molecule has 0 saturated carbocycles. The van der Waals surface area contributed by atoms with Crippen molar-refractivity contribution in [2.75, 3.05) is 12.0 Å². The van der Waals surface area contributed by atoms with Gasteiger partial charge in [0.2, 0.25) is 0 Å². The zero-order chi connectivity index (χ0) is 12.7. The third-order valence-electron chi connectivity index (χ3n) is 2.41. The van der Waals surface area contributed by atoms with E-state index in [0.29, 0.717) is 25.7 Å². The number of hydrogen-bond donors (Lipinski definition) is 0. The van der Waals surface area contributed by atoms with Crippen molar-refractivity contribution in [2.45, 2.75) is 25.7 Å². The summed E-state index contributed by atoms with van der Waals surface area (Å²) in [7, 11) is -2.95. The molecule has 4 nitrogen and oxygen atoms in total. The Morgan fingerprint density at radius 2 is 1.88 bits per heavy atom. The lowest BCUT2D eigenvalue weighted by molar-refractivity contribution is -0.119. The monoisotopic (exact) mass is 255 g/mol. The summed E-state index contributed by atoms with van der Waals surface area (Å²) in [6.07, 6.45) is 6.52. The van der Waals surface area contributed by atoms with Gasteiger partial charge in [-0.3, -0.25) is 9.78 Å². The van der Waals surface area contributed by atoms with Gasteiger partial charge in [0.1, 0.15) is 15.6 Å². The van der Waals surface area contributed by atoms with Crippen LogP contribution in [0.25, 0.3) is 0 Å². The Balaban J connectivity index is 2.22. The number of rotatable bonds is 7. The summed E-state index contributed by atoms with van der Waals surface area (Å²) in [5.74, 6) is 0.207. The van der Waals surface area contributed by atoms with Crippen LogP contribution in [0.15, 0.2) is 24.5 Å². The molecule has 0 amide bonds. The highest BCUT2D eigenvalue weighted by molar-refractivity contribution is 7.90. The summed E-state index contributed by atoms with van der Waals surface area (Å²) in [6.45, 7) is 0. The van der Waals surface area contributed by atoms with Crippen molar-refractivity contribution < 1.29 is 13.2 Å². The van der Waals surface area contributed by atoms with Crippen LogP contribution in [0.2, 0.25) is 0 Å². The van der Waals surface area contributed by atoms with E-state index in [1.54, 1.807) is 12.4 Å². The first kappa shape index (κ1) is 13.8. The van der Waals surface area contributed by atoms with Gasteiger partial charge in [0.15, 0.2) is 0 Å². The fourth-order valence-corrected chi connectivity index (χ4v) is 2.16. The Kier molecular flexibility index (Phi) is 5.28. The third-order valence-corrected chi connectivity index (χ3v) is 3.44. The van der Waals surface area contributed by atoms with E-state index in [4.69, 9.17) is 0 Å². The van der Waals surface area contributed by atoms with Crippen LogP contribution in [0.4, 0.5) is 0 Å². The molecule has 1 rings (SSSR count). The first-order chi connectivity index (χ1) is 7.97. The largest absolute Gasteiger partial charge is 0.300 e. The predicted molar refractivity (Wildman–Crippen MR) is 66.5 cm³/mol. The second kappa shape index (κ2) is 6.49. The molecule has 0 bridgehead atoms. The van der Waals surface area contributed by atoms with Gasteiger partial charge in [-0.05, 0) is 30.5 Å². The Bertz CT molecular complexity index is 454. The van der Waals surface area contributed by atoms with Gasteiger partial charge in [0, 0.05) is 31.5 Å². The van der Waals surface area contributed by atoms with Crippen molar-refractivity contribution in [3.63, 3.8) is 0 Å². The molecule has 0 radical (unpaired) electrons. The van der Waals surface area contributed by atoms with Crippen molar-refractivity contribution in [2.24, 2.45) is 0 Å². The number of aryl methyl sites for hydroxylation is 1. The van der Waals surface area contributed by atoms with Gasteiger partial charge in [0.25, 0.3) is 0 Å². The molecule has 5 heteroatoms. The first-order valence-corrected chi connectivity index (χ1v) is 7.62. The van der Waals surface area contributed by atoms with Gasteiger partial charge in [-0.15, -0.1) is 0 Å². The smallest absolute Gasteiger partial charge is 0.147 e. The Labute approximate surface area is 102 Å². The van der Waals surface area contributed by atoms with Crippen LogP contribution in [0, 0.1) is 0 Å². The minimum Gasteiger partial charge on any atom is -0.300 e. The lowest BCUT2D eigenvalue weighted by Gasteiger charge is -2.01. The molecule has 0 saturated heterocycles. The molecule has 0 N–H and O–H groups in total. The number of pyridine rings is 1. The molecule has 1 aromatic rings. The fraction of sp³-hybridized carbons (Fsp3) is 0.500. The van der Waals surface area contributed by atoms with Crippen molar-refractivity contribution in [1.29, 1.82) is 0 Å². The van der Waals surface area contributed by atoms with Gasteiger partial charge < -0.3 is 0 Å². The maximum Gasteiger partial charge on any atom is 0.147 e. The second-order valence-electron chi connectivity index (χ2n) is 4.13. The summed E-state index contributed by atoms with van der Waals surface area (Å²) in [6, 6.07) is 3.76. The molecule has 0 fully saturated rings. The Morgan fingerprint density at radius 1 is 1.24 bits per heavy atom. The number of hydrogen-bond acceptors (Lipinski definition) is 4. The van der Waals surface area contributed by atoms with Crippen LogP contribution in [-0.4, -0.2) is 31.2 Å². The lowest BCUT2D eigenvalue weighted by Crippen LogP contribution is -2.07. The quantitative estimate of drug-likeness (QED) is 0.739. The lowest BCUT2D eigenvalue weighted by atomic mass is 10.1. The van der Waals surface area contributed by atoms with Gasteiger partial charge in [-0.2, -0.15) is 0 Å². The number of aromatic nitrogens is 1. The maximum atomic E-state index is 11.5. The molecular weight excluding hydrogens is 238 g/mol. The molecular formula is C12H17NO3S. The standard InChI is InChI=1S/C12H17NO3S/c1-17(15,16)10-2-3-12(14)5-4-11-6-8-13-9-7-11/h6-9H,2-5,10H2,1H3. The van der Waals surface area contributed by atoms with Crippen LogP contribution >= 0.6 is 0 Å². The third kappa shape index (κ3) is 6.84. The van der Waals surface area contributed by atoms with E-state index in [9.17, 15) is 13.2 Å². The van der Waals surface area contributed by atoms with Crippen molar-refractivity contribution in [3.05, 3.63) is 30.1 Å². The molecule has 0 atom stereocenters. The van der Waals surface area contributed by atoms with E-state index >= 15 is 0 Å². The number of carbonyl (C=O) groups excluding carboxylic acids is 1. The van der Waals surface area contributed by atoms with Crippen molar-refractivity contribution in [3.8, 4) is 0 Å². The molecule has 0 aliphatic carbocycles. The van der Waals surface area contributed by atoms with Crippen LogP contribution in [0.1, 0.15) is 24.8 Å². The van der Waals surface area contributed by atoms with Gasteiger partial charge in [-0.25, -0.2) is 8.42 Å². The normalized spacial score (nSPS) is 11.4. The van der Waals surface area contributed by atoms with E-state index in [1.165, 1.54) is 6.26 Å². The van der Waals surface area contributed by atoms with Crippen LogP contribution in [0.3, 0.4) is 0 Å². The number of Topliss-reactive ketones (excluding diaryl/α,β-unsaturated/α-hetero) is 1. The maximum absolute atomic E-state index is 11.5. The highest BCUT2D eigenvalue weighted by atomic mass is 32.2. The summed E-state index contributed by atoms with van der Waals surface area (Å²) < 4.78 is 21.7. The minimum atomic E-state index is -2.95. The molecule has 0 aliphatic heterocycles. The van der Waals surface area contributed by atoms with E-state index < -0.39 is 9.84 Å².